The number of hydrogen-bond donors (Lipinski definition) is 3. The minimum absolute atomic E-state index is 0.0881. The number of nitrogens with two attached hydrogens (primary N) is 1. The Morgan fingerprint density at radius 3 is 2.91 bits per heavy atom. The van der Waals surface area contributed by atoms with E-state index in [-0.39, 0.29) is 12.4 Å². The molecule has 1 aromatic heterocycles. The van der Waals surface area contributed by atoms with Gasteiger partial charge in [-0.1, -0.05) is 31.7 Å². The number of unbranched alkanes of at least 4 members (excludes halogenated alkanes) is 1. The first kappa shape index (κ1) is 25.1. The average molecular weight is 457 g/mol. The van der Waals surface area contributed by atoms with Gasteiger partial charge in [0.1, 0.15) is 12.4 Å². The van der Waals surface area contributed by atoms with Gasteiger partial charge in [-0.25, -0.2) is 0 Å². The first-order chi connectivity index (χ1) is 16.6. The van der Waals surface area contributed by atoms with Crippen LogP contribution in [0.3, 0.4) is 0 Å². The van der Waals surface area contributed by atoms with Crippen LogP contribution in [0.2, 0.25) is 0 Å². The number of hydrogen-bond acceptors (Lipinski definition) is 7. The van der Waals surface area contributed by atoms with E-state index >= 15 is 0 Å². The van der Waals surface area contributed by atoms with Gasteiger partial charge in [-0.2, -0.15) is 0 Å². The molecule has 0 radical (unpaired) electrons. The van der Waals surface area contributed by atoms with Gasteiger partial charge < -0.3 is 4.74 Å². The van der Waals surface area contributed by atoms with Gasteiger partial charge in [0, 0.05) is 6.42 Å². The first-order valence-electron chi connectivity index (χ1n) is 11.7. The Balaban J connectivity index is 1.50. The molecule has 3 rings (SSSR count). The molecule has 7 nitrogen and oxygen atoms in total. The van der Waals surface area contributed by atoms with Gasteiger partial charge in [0.05, 0.1) is 0 Å². The van der Waals surface area contributed by atoms with Crippen LogP contribution in [0, 0.1) is 11.3 Å². The predicted molar refractivity (Wildman–Crippen MR) is 140 cm³/mol. The Hall–Kier alpha value is -3.55. The number of allylic oxidation sites excluding steroid dienone is 2. The van der Waals surface area contributed by atoms with Gasteiger partial charge in [0.15, 0.2) is 5.78 Å². The summed E-state index contributed by atoms with van der Waals surface area (Å²) in [5.74, 6) is 4.44. The monoisotopic (exact) mass is 457 g/mol. The predicted octanol–water partition coefficient (Wildman–Crippen LogP) is 3.60. The molecule has 4 N–H and O–H groups in total. The number of carbonyl (C=O) groups is 1. The molecule has 0 unspecified atom stereocenters. The Labute approximate surface area is 202 Å². The van der Waals surface area contributed by atoms with Crippen molar-refractivity contribution in [3.05, 3.63) is 60.0 Å². The normalized spacial score (nSPS) is 13.9. The van der Waals surface area contributed by atoms with Crippen LogP contribution in [-0.2, 0) is 4.79 Å². The molecule has 0 atom stereocenters. The van der Waals surface area contributed by atoms with E-state index in [1.54, 1.807) is 24.3 Å². The maximum absolute atomic E-state index is 12.1. The van der Waals surface area contributed by atoms with Gasteiger partial charge in [0.2, 0.25) is 0 Å². The van der Waals surface area contributed by atoms with Crippen LogP contribution in [-0.4, -0.2) is 48.6 Å². The molecule has 8 heteroatoms. The molecule has 1 heterocycles. The Bertz CT molecular complexity index is 1050. The van der Waals surface area contributed by atoms with Gasteiger partial charge in [0.25, 0.3) is 0 Å². The fourth-order valence-corrected chi connectivity index (χ4v) is 3.42. The van der Waals surface area contributed by atoms with E-state index in [1.165, 1.54) is 25.5 Å². The van der Waals surface area contributed by atoms with Crippen LogP contribution in [0.5, 0.6) is 5.75 Å². The fourth-order valence-electron chi connectivity index (χ4n) is 3.42. The summed E-state index contributed by atoms with van der Waals surface area (Å²) in [5, 5.41) is 10.5. The number of ether oxygens (including phenoxy) is 1. The summed E-state index contributed by atoms with van der Waals surface area (Å²) in [6.45, 7) is 0.594. The van der Waals surface area contributed by atoms with Crippen LogP contribution in [0.25, 0.3) is 11.4 Å². The quantitative estimate of drug-likeness (QED) is 0.163. The SMILES string of the molecule is B=C/C(C=N)=C(N)\C=C/CNc1ccnc(-c2cccc(OCC(=O)CCCCC3CC3)c2)n1. The van der Waals surface area contributed by atoms with Crippen molar-refractivity contribution in [1.82, 2.24) is 9.97 Å². The van der Waals surface area contributed by atoms with Crippen molar-refractivity contribution in [3.8, 4) is 17.1 Å². The average Bonchev–Trinajstić information content (AvgIpc) is 3.69. The van der Waals surface area contributed by atoms with Crippen LogP contribution >= 0.6 is 0 Å². The second kappa shape index (κ2) is 13.2. The third-order valence-electron chi connectivity index (χ3n) is 5.57. The maximum atomic E-state index is 12.1. The molecule has 0 aliphatic heterocycles. The van der Waals surface area contributed by atoms with E-state index in [0.29, 0.717) is 41.6 Å². The number of nitrogens with zero attached hydrogens (tertiary/aromatic N) is 2. The summed E-state index contributed by atoms with van der Waals surface area (Å²) >= 11 is 0. The molecule has 1 fully saturated rings. The van der Waals surface area contributed by atoms with Crippen molar-refractivity contribution in [2.24, 2.45) is 11.7 Å². The Morgan fingerprint density at radius 2 is 2.15 bits per heavy atom. The molecular weight excluding hydrogens is 425 g/mol. The van der Waals surface area contributed by atoms with Crippen LogP contribution in [0.1, 0.15) is 38.5 Å². The number of anilines is 1. The van der Waals surface area contributed by atoms with Gasteiger partial charge in [-0.15, -0.1) is 0 Å². The number of aromatic nitrogens is 2. The van der Waals surface area contributed by atoms with Crippen LogP contribution < -0.4 is 15.8 Å². The molecule has 1 aliphatic rings. The number of Topliss-reactive ketones (excluding diaryl/α,β-unsaturated/α-hetero) is 1. The van der Waals surface area contributed by atoms with Crippen molar-refractivity contribution < 1.29 is 9.53 Å². The standard InChI is InChI=1S/C26H32BN5O2/c27-16-21(17-28)24(29)9-4-13-30-25-12-14-31-26(32-25)20-6-3-8-23(15-20)34-18-22(33)7-2-1-5-19-10-11-19/h3-4,6,8-9,12,14-17,19,27-28H,1-2,5,7,10-11,13,18,29H2,(H,30,31,32)/b9-4-,24-21-,28-17?. The number of ketones is 1. The van der Waals surface area contributed by atoms with E-state index in [1.807, 2.05) is 30.3 Å². The Kier molecular flexibility index (Phi) is 9.76. The summed E-state index contributed by atoms with van der Waals surface area (Å²) in [4.78, 5) is 21.0. The molecule has 1 aliphatic carbocycles. The molecule has 1 aromatic carbocycles. The van der Waals surface area contributed by atoms with Crippen molar-refractivity contribution in [1.29, 1.82) is 5.41 Å². The molecule has 0 spiro atoms. The van der Waals surface area contributed by atoms with Gasteiger partial charge in [-0.05, 0) is 18.4 Å². The summed E-state index contributed by atoms with van der Waals surface area (Å²) < 4.78 is 5.72. The van der Waals surface area contributed by atoms with Crippen molar-refractivity contribution in [2.45, 2.75) is 38.5 Å². The molecule has 34 heavy (non-hydrogen) atoms. The molecule has 2 aromatic rings. The summed E-state index contributed by atoms with van der Waals surface area (Å²) in [6.07, 6.45) is 13.1. The zero-order chi connectivity index (χ0) is 24.2. The van der Waals surface area contributed by atoms with Gasteiger partial charge >= 0.3 is 118 Å². The number of carbonyl (C=O) groups excluding carboxylic acids is 1. The number of nitrogens with one attached hydrogen (secondary N) is 2. The number of benzene rings is 1. The Morgan fingerprint density at radius 1 is 1.29 bits per heavy atom. The second-order valence-electron chi connectivity index (χ2n) is 8.35. The third-order valence-corrected chi connectivity index (χ3v) is 5.57. The summed E-state index contributed by atoms with van der Waals surface area (Å²) in [5.41, 5.74) is 7.75. The molecule has 0 bridgehead atoms. The summed E-state index contributed by atoms with van der Waals surface area (Å²) in [7, 11) is 3.63. The minimum atomic E-state index is 0.0881. The number of rotatable bonds is 15. The molecule has 0 amide bonds. The molecular formula is C26H32BN5O2. The van der Waals surface area contributed by atoms with Crippen molar-refractivity contribution in [2.75, 3.05) is 18.5 Å². The summed E-state index contributed by atoms with van der Waals surface area (Å²) in [6, 6.07) is 9.24. The van der Waals surface area contributed by atoms with Crippen LogP contribution in [0.15, 0.2) is 60.0 Å². The van der Waals surface area contributed by atoms with E-state index in [9.17, 15) is 4.79 Å². The molecule has 1 saturated carbocycles. The molecule has 0 saturated heterocycles. The topological polar surface area (TPSA) is 114 Å². The first-order valence-corrected chi connectivity index (χ1v) is 11.7. The van der Waals surface area contributed by atoms with Gasteiger partial charge in [-0.3, -0.25) is 4.79 Å². The zero-order valence-corrected chi connectivity index (χ0v) is 19.5. The van der Waals surface area contributed by atoms with Crippen LogP contribution in [0.4, 0.5) is 5.82 Å². The van der Waals surface area contributed by atoms with E-state index < -0.39 is 0 Å². The second-order valence-corrected chi connectivity index (χ2v) is 8.35. The van der Waals surface area contributed by atoms with E-state index in [0.717, 1.165) is 24.3 Å². The van der Waals surface area contributed by atoms with Crippen molar-refractivity contribution in [3.63, 3.8) is 0 Å². The zero-order valence-electron chi connectivity index (χ0n) is 19.5. The van der Waals surface area contributed by atoms with Crippen molar-refractivity contribution >= 4 is 31.3 Å². The van der Waals surface area contributed by atoms with E-state index in [2.05, 4.69) is 22.8 Å². The fraction of sp³-hybridized carbons (Fsp3) is 0.346. The van der Waals surface area contributed by atoms with E-state index in [4.69, 9.17) is 15.9 Å². The third kappa shape index (κ3) is 8.43. The molecule has 176 valence electrons.